The third-order valence-electron chi connectivity index (χ3n) is 3.63. The summed E-state index contributed by atoms with van der Waals surface area (Å²) in [5.74, 6) is -0.844. The molecule has 1 aromatic rings. The van der Waals surface area contributed by atoms with E-state index in [1.165, 1.54) is 0 Å². The topological polar surface area (TPSA) is 66.8 Å². The number of carbonyl (C=O) groups excluding carboxylic acids is 1. The van der Waals surface area contributed by atoms with Gasteiger partial charge in [-0.2, -0.15) is 0 Å². The van der Waals surface area contributed by atoms with Crippen LogP contribution < -0.4 is 4.74 Å². The molecule has 1 N–H and O–H groups in total. The number of aryl methyl sites for hydroxylation is 1. The van der Waals surface area contributed by atoms with Crippen molar-refractivity contribution in [2.24, 2.45) is 11.8 Å². The van der Waals surface area contributed by atoms with Crippen LogP contribution in [-0.4, -0.2) is 41.6 Å². The van der Waals surface area contributed by atoms with Crippen LogP contribution in [0.4, 0.5) is 0 Å². The number of likely N-dealkylation sites (tertiary alicyclic amines) is 1. The van der Waals surface area contributed by atoms with Crippen LogP contribution in [0.1, 0.15) is 12.5 Å². The number of carbonyl (C=O) groups is 2. The molecule has 0 aromatic heterocycles. The van der Waals surface area contributed by atoms with Gasteiger partial charge in [-0.25, -0.2) is 0 Å². The van der Waals surface area contributed by atoms with Crippen molar-refractivity contribution >= 4 is 11.9 Å². The van der Waals surface area contributed by atoms with Gasteiger partial charge in [0.25, 0.3) is 5.91 Å². The van der Waals surface area contributed by atoms with Crippen molar-refractivity contribution < 1.29 is 19.4 Å². The molecule has 1 amide bonds. The van der Waals surface area contributed by atoms with Gasteiger partial charge in [-0.3, -0.25) is 9.59 Å². The van der Waals surface area contributed by atoms with Gasteiger partial charge in [-0.1, -0.05) is 19.1 Å². The highest BCUT2D eigenvalue weighted by molar-refractivity contribution is 5.80. The molecule has 108 valence electrons. The van der Waals surface area contributed by atoms with Crippen molar-refractivity contribution in [1.82, 2.24) is 4.90 Å². The number of carboxylic acid groups (broad SMARTS) is 1. The second-order valence-corrected chi connectivity index (χ2v) is 5.33. The number of aliphatic carboxylic acids is 1. The molecule has 1 fully saturated rings. The molecule has 0 bridgehead atoms. The van der Waals surface area contributed by atoms with Gasteiger partial charge in [-0.05, 0) is 30.5 Å². The van der Waals surface area contributed by atoms with Gasteiger partial charge in [0.15, 0.2) is 6.61 Å². The van der Waals surface area contributed by atoms with Crippen molar-refractivity contribution in [2.75, 3.05) is 19.7 Å². The molecule has 1 aromatic carbocycles. The van der Waals surface area contributed by atoms with E-state index in [2.05, 4.69) is 0 Å². The first-order valence-electron chi connectivity index (χ1n) is 6.67. The van der Waals surface area contributed by atoms with E-state index in [1.807, 2.05) is 32.0 Å². The molecular formula is C15H19NO4. The highest BCUT2D eigenvalue weighted by atomic mass is 16.5. The van der Waals surface area contributed by atoms with Crippen LogP contribution >= 0.6 is 0 Å². The number of benzene rings is 1. The molecule has 1 aliphatic heterocycles. The molecule has 1 aliphatic rings. The molecule has 0 radical (unpaired) electrons. The maximum atomic E-state index is 12.0. The highest BCUT2D eigenvalue weighted by Gasteiger charge is 2.36. The van der Waals surface area contributed by atoms with E-state index < -0.39 is 11.9 Å². The van der Waals surface area contributed by atoms with E-state index in [0.29, 0.717) is 12.3 Å². The van der Waals surface area contributed by atoms with Crippen LogP contribution in [-0.2, 0) is 9.59 Å². The van der Waals surface area contributed by atoms with E-state index in [4.69, 9.17) is 9.84 Å². The van der Waals surface area contributed by atoms with Crippen LogP contribution in [0.3, 0.4) is 0 Å². The van der Waals surface area contributed by atoms with Crippen LogP contribution in [0.25, 0.3) is 0 Å². The first-order chi connectivity index (χ1) is 9.47. The predicted octanol–water partition coefficient (Wildman–Crippen LogP) is 1.55. The van der Waals surface area contributed by atoms with Gasteiger partial charge in [0, 0.05) is 13.1 Å². The summed E-state index contributed by atoms with van der Waals surface area (Å²) in [5.41, 5.74) is 1.07. The van der Waals surface area contributed by atoms with Gasteiger partial charge in [0.1, 0.15) is 5.75 Å². The Morgan fingerprint density at radius 3 is 2.75 bits per heavy atom. The number of hydrogen-bond donors (Lipinski definition) is 1. The fraction of sp³-hybridized carbons (Fsp3) is 0.467. The lowest BCUT2D eigenvalue weighted by Gasteiger charge is -2.16. The number of carboxylic acids is 1. The minimum Gasteiger partial charge on any atom is -0.484 e. The molecule has 1 heterocycles. The molecular weight excluding hydrogens is 258 g/mol. The number of nitrogens with zero attached hydrogens (tertiary/aromatic N) is 1. The standard InChI is InChI=1S/C15H19NO4/c1-10-4-3-5-12(6-10)20-9-14(17)16-7-11(2)13(8-16)15(18)19/h3-6,11,13H,7-9H2,1-2H3,(H,18,19)/t11-,13-/m1/s1. The van der Waals surface area contributed by atoms with Crippen molar-refractivity contribution in [1.29, 1.82) is 0 Å². The zero-order valence-electron chi connectivity index (χ0n) is 11.7. The number of hydrogen-bond acceptors (Lipinski definition) is 3. The van der Waals surface area contributed by atoms with Crippen LogP contribution in [0.2, 0.25) is 0 Å². The predicted molar refractivity (Wildman–Crippen MR) is 73.5 cm³/mol. The summed E-state index contributed by atoms with van der Waals surface area (Å²) in [6.45, 7) is 4.50. The number of rotatable bonds is 4. The second kappa shape index (κ2) is 5.94. The second-order valence-electron chi connectivity index (χ2n) is 5.33. The largest absolute Gasteiger partial charge is 0.484 e. The smallest absolute Gasteiger partial charge is 0.308 e. The lowest BCUT2D eigenvalue weighted by molar-refractivity contribution is -0.142. The van der Waals surface area contributed by atoms with E-state index >= 15 is 0 Å². The van der Waals surface area contributed by atoms with Crippen molar-refractivity contribution in [3.8, 4) is 5.75 Å². The van der Waals surface area contributed by atoms with Crippen molar-refractivity contribution in [3.05, 3.63) is 29.8 Å². The van der Waals surface area contributed by atoms with Crippen molar-refractivity contribution in [2.45, 2.75) is 13.8 Å². The monoisotopic (exact) mass is 277 g/mol. The summed E-state index contributed by atoms with van der Waals surface area (Å²) in [6, 6.07) is 7.48. The maximum Gasteiger partial charge on any atom is 0.308 e. The Labute approximate surface area is 118 Å². The summed E-state index contributed by atoms with van der Waals surface area (Å²) in [5, 5.41) is 9.05. The third-order valence-corrected chi connectivity index (χ3v) is 3.63. The summed E-state index contributed by atoms with van der Waals surface area (Å²) in [7, 11) is 0. The molecule has 0 spiro atoms. The Morgan fingerprint density at radius 1 is 1.40 bits per heavy atom. The maximum absolute atomic E-state index is 12.0. The first kappa shape index (κ1) is 14.4. The lowest BCUT2D eigenvalue weighted by Crippen LogP contribution is -2.33. The highest BCUT2D eigenvalue weighted by Crippen LogP contribution is 2.23. The molecule has 0 aliphatic carbocycles. The van der Waals surface area contributed by atoms with Gasteiger partial charge in [-0.15, -0.1) is 0 Å². The lowest BCUT2D eigenvalue weighted by atomic mass is 9.99. The molecule has 5 heteroatoms. The fourth-order valence-electron chi connectivity index (χ4n) is 2.43. The quantitative estimate of drug-likeness (QED) is 0.906. The Morgan fingerprint density at radius 2 is 2.15 bits per heavy atom. The Balaban J connectivity index is 1.88. The van der Waals surface area contributed by atoms with Gasteiger partial charge >= 0.3 is 5.97 Å². The SMILES string of the molecule is Cc1cccc(OCC(=O)N2C[C@@H](C)[C@H](C(=O)O)C2)c1. The third kappa shape index (κ3) is 3.29. The molecule has 5 nitrogen and oxygen atoms in total. The summed E-state index contributed by atoms with van der Waals surface area (Å²) < 4.78 is 5.45. The Kier molecular flexibility index (Phi) is 4.27. The average Bonchev–Trinajstić information content (AvgIpc) is 2.78. The zero-order valence-corrected chi connectivity index (χ0v) is 11.7. The molecule has 0 saturated carbocycles. The van der Waals surface area contributed by atoms with Crippen LogP contribution in [0, 0.1) is 18.8 Å². The first-order valence-corrected chi connectivity index (χ1v) is 6.67. The summed E-state index contributed by atoms with van der Waals surface area (Å²) >= 11 is 0. The van der Waals surface area contributed by atoms with E-state index in [0.717, 1.165) is 5.56 Å². The van der Waals surface area contributed by atoms with E-state index in [9.17, 15) is 9.59 Å². The molecule has 1 saturated heterocycles. The molecule has 2 atom stereocenters. The van der Waals surface area contributed by atoms with Gasteiger partial charge < -0.3 is 14.7 Å². The number of amides is 1. The normalized spacial score (nSPS) is 21.8. The van der Waals surface area contributed by atoms with Gasteiger partial charge in [0.2, 0.25) is 0 Å². The van der Waals surface area contributed by atoms with Crippen molar-refractivity contribution in [3.63, 3.8) is 0 Å². The summed E-state index contributed by atoms with van der Waals surface area (Å²) in [6.07, 6.45) is 0. The molecule has 20 heavy (non-hydrogen) atoms. The Hall–Kier alpha value is -2.04. The summed E-state index contributed by atoms with van der Waals surface area (Å²) in [4.78, 5) is 24.6. The van der Waals surface area contributed by atoms with E-state index in [1.54, 1.807) is 11.0 Å². The number of ether oxygens (including phenoxy) is 1. The average molecular weight is 277 g/mol. The molecule has 0 unspecified atom stereocenters. The zero-order chi connectivity index (χ0) is 14.7. The minimum absolute atomic E-state index is 0.0181. The van der Waals surface area contributed by atoms with Crippen LogP contribution in [0.15, 0.2) is 24.3 Å². The minimum atomic E-state index is -0.840. The van der Waals surface area contributed by atoms with Gasteiger partial charge in [0.05, 0.1) is 5.92 Å². The van der Waals surface area contributed by atoms with E-state index in [-0.39, 0.29) is 25.0 Å². The molecule has 2 rings (SSSR count). The Bertz CT molecular complexity index is 514. The van der Waals surface area contributed by atoms with Crippen LogP contribution in [0.5, 0.6) is 5.75 Å². The fourth-order valence-corrected chi connectivity index (χ4v) is 2.43.